The van der Waals surface area contributed by atoms with Gasteiger partial charge in [-0.25, -0.2) is 0 Å². The maximum atomic E-state index is 12.7. The number of piperazine rings is 1. The van der Waals surface area contributed by atoms with Crippen molar-refractivity contribution in [1.29, 1.82) is 0 Å². The summed E-state index contributed by atoms with van der Waals surface area (Å²) in [5, 5.41) is 10.8. The molecule has 8 heteroatoms. The van der Waals surface area contributed by atoms with Crippen LogP contribution in [0.5, 0.6) is 0 Å². The Morgan fingerprint density at radius 1 is 1.15 bits per heavy atom. The Labute approximate surface area is 152 Å². The van der Waals surface area contributed by atoms with Gasteiger partial charge in [-0.05, 0) is 18.2 Å². The third-order valence-electron chi connectivity index (χ3n) is 4.19. The average Bonchev–Trinajstić information content (AvgIpc) is 3.11. The number of amides is 2. The highest BCUT2D eigenvalue weighted by atomic mass is 16.4. The van der Waals surface area contributed by atoms with E-state index in [1.54, 1.807) is 29.2 Å². The van der Waals surface area contributed by atoms with Crippen LogP contribution >= 0.6 is 0 Å². The third kappa shape index (κ3) is 4.01. The summed E-state index contributed by atoms with van der Waals surface area (Å²) in [6.45, 7) is 7.86. The Bertz CT molecular complexity index is 794. The van der Waals surface area contributed by atoms with E-state index in [0.717, 1.165) is 0 Å². The van der Waals surface area contributed by atoms with E-state index in [0.29, 0.717) is 49.3 Å². The highest BCUT2D eigenvalue weighted by Gasteiger charge is 2.25. The van der Waals surface area contributed by atoms with Crippen molar-refractivity contribution in [3.63, 3.8) is 0 Å². The lowest BCUT2D eigenvalue weighted by molar-refractivity contribution is -0.114. The highest BCUT2D eigenvalue weighted by Crippen LogP contribution is 2.20. The molecule has 1 aliphatic heterocycles. The van der Waals surface area contributed by atoms with Gasteiger partial charge in [0.05, 0.1) is 0 Å². The molecule has 1 fully saturated rings. The van der Waals surface area contributed by atoms with Crippen LogP contribution < -0.4 is 10.2 Å². The molecule has 8 nitrogen and oxygen atoms in total. The molecule has 0 spiro atoms. The summed E-state index contributed by atoms with van der Waals surface area (Å²) >= 11 is 0. The van der Waals surface area contributed by atoms with Crippen LogP contribution in [0.2, 0.25) is 0 Å². The average molecular weight is 357 g/mol. The minimum atomic E-state index is -0.163. The predicted octanol–water partition coefficient (Wildman–Crippen LogP) is 2.11. The fourth-order valence-electron chi connectivity index (χ4n) is 2.80. The van der Waals surface area contributed by atoms with Gasteiger partial charge in [-0.2, -0.15) is 0 Å². The van der Waals surface area contributed by atoms with Crippen molar-refractivity contribution >= 4 is 23.5 Å². The molecule has 0 saturated carbocycles. The molecule has 26 heavy (non-hydrogen) atoms. The van der Waals surface area contributed by atoms with Crippen LogP contribution in [0.25, 0.3) is 0 Å². The quantitative estimate of drug-likeness (QED) is 0.901. The maximum absolute atomic E-state index is 12.7. The Hall–Kier alpha value is -2.90. The van der Waals surface area contributed by atoms with E-state index in [-0.39, 0.29) is 17.7 Å². The standard InChI is InChI=1S/C18H23N5O3/c1-12(2)16-20-21-18(26-16)23-9-7-22(8-10-23)17(25)14-5-4-6-15(11-14)19-13(3)24/h4-6,11-12H,7-10H2,1-3H3,(H,19,24). The van der Waals surface area contributed by atoms with Crippen LogP contribution in [0.4, 0.5) is 11.7 Å². The number of carbonyl (C=O) groups is 2. The largest absolute Gasteiger partial charge is 0.408 e. The van der Waals surface area contributed by atoms with E-state index >= 15 is 0 Å². The number of hydrogen-bond acceptors (Lipinski definition) is 6. The molecule has 138 valence electrons. The third-order valence-corrected chi connectivity index (χ3v) is 4.19. The molecule has 1 aliphatic rings. The molecule has 0 bridgehead atoms. The predicted molar refractivity (Wildman–Crippen MR) is 97.2 cm³/mol. The molecule has 0 aliphatic carbocycles. The van der Waals surface area contributed by atoms with Crippen LogP contribution in [0.15, 0.2) is 28.7 Å². The van der Waals surface area contributed by atoms with Crippen LogP contribution in [0.3, 0.4) is 0 Å². The van der Waals surface area contributed by atoms with Gasteiger partial charge in [-0.3, -0.25) is 9.59 Å². The van der Waals surface area contributed by atoms with E-state index in [1.165, 1.54) is 6.92 Å². The van der Waals surface area contributed by atoms with Crippen LogP contribution in [0, 0.1) is 0 Å². The molecule has 1 aromatic heterocycles. The van der Waals surface area contributed by atoms with Gasteiger partial charge in [0.15, 0.2) is 0 Å². The Morgan fingerprint density at radius 3 is 2.50 bits per heavy atom. The molecule has 1 N–H and O–H groups in total. The summed E-state index contributed by atoms with van der Waals surface area (Å²) in [7, 11) is 0. The number of carbonyl (C=O) groups excluding carboxylic acids is 2. The van der Waals surface area contributed by atoms with E-state index in [4.69, 9.17) is 4.42 Å². The molecule has 2 aromatic rings. The van der Waals surface area contributed by atoms with E-state index < -0.39 is 0 Å². The van der Waals surface area contributed by atoms with Gasteiger partial charge in [0.25, 0.3) is 5.91 Å². The summed E-state index contributed by atoms with van der Waals surface area (Å²) in [5.74, 6) is 0.595. The monoisotopic (exact) mass is 357 g/mol. The lowest BCUT2D eigenvalue weighted by Gasteiger charge is -2.33. The number of rotatable bonds is 4. The lowest BCUT2D eigenvalue weighted by Crippen LogP contribution is -2.49. The van der Waals surface area contributed by atoms with Crippen LogP contribution in [-0.4, -0.2) is 53.1 Å². The fourth-order valence-corrected chi connectivity index (χ4v) is 2.80. The number of benzene rings is 1. The molecule has 0 atom stereocenters. The molecular formula is C18H23N5O3. The van der Waals surface area contributed by atoms with Gasteiger partial charge in [0, 0.05) is 50.3 Å². The molecule has 0 radical (unpaired) electrons. The van der Waals surface area contributed by atoms with Crippen LogP contribution in [-0.2, 0) is 4.79 Å². The van der Waals surface area contributed by atoms with Crippen molar-refractivity contribution in [2.75, 3.05) is 36.4 Å². The van der Waals surface area contributed by atoms with E-state index in [1.807, 2.05) is 18.7 Å². The van der Waals surface area contributed by atoms with Gasteiger partial charge in [0.1, 0.15) is 0 Å². The zero-order valence-electron chi connectivity index (χ0n) is 15.2. The Morgan fingerprint density at radius 2 is 1.88 bits per heavy atom. The van der Waals surface area contributed by atoms with Gasteiger partial charge < -0.3 is 19.5 Å². The van der Waals surface area contributed by atoms with Crippen LogP contribution in [0.1, 0.15) is 42.9 Å². The number of nitrogens with one attached hydrogen (secondary N) is 1. The second-order valence-corrected chi connectivity index (χ2v) is 6.62. The summed E-state index contributed by atoms with van der Waals surface area (Å²) in [6.07, 6.45) is 0. The number of hydrogen-bond donors (Lipinski definition) is 1. The molecule has 2 heterocycles. The topological polar surface area (TPSA) is 91.6 Å². The number of aromatic nitrogens is 2. The van der Waals surface area contributed by atoms with E-state index in [2.05, 4.69) is 15.5 Å². The summed E-state index contributed by atoms with van der Waals surface area (Å²) in [4.78, 5) is 27.7. The zero-order valence-corrected chi connectivity index (χ0v) is 15.2. The highest BCUT2D eigenvalue weighted by molar-refractivity contribution is 5.96. The zero-order chi connectivity index (χ0) is 18.7. The summed E-state index contributed by atoms with van der Waals surface area (Å²) < 4.78 is 5.68. The molecule has 1 saturated heterocycles. The second-order valence-electron chi connectivity index (χ2n) is 6.62. The van der Waals surface area contributed by atoms with Gasteiger partial charge >= 0.3 is 6.01 Å². The van der Waals surface area contributed by atoms with Crippen molar-refractivity contribution in [3.05, 3.63) is 35.7 Å². The van der Waals surface area contributed by atoms with Crippen molar-refractivity contribution < 1.29 is 14.0 Å². The van der Waals surface area contributed by atoms with Gasteiger partial charge in [-0.15, -0.1) is 5.10 Å². The maximum Gasteiger partial charge on any atom is 0.318 e. The first-order valence-electron chi connectivity index (χ1n) is 8.69. The normalized spacial score (nSPS) is 14.6. The van der Waals surface area contributed by atoms with Crippen molar-refractivity contribution in [2.45, 2.75) is 26.7 Å². The number of anilines is 2. The summed E-state index contributed by atoms with van der Waals surface area (Å²) in [5.41, 5.74) is 1.18. The molecule has 3 rings (SSSR count). The second kappa shape index (κ2) is 7.55. The smallest absolute Gasteiger partial charge is 0.318 e. The first kappa shape index (κ1) is 17.9. The van der Waals surface area contributed by atoms with E-state index in [9.17, 15) is 9.59 Å². The molecule has 0 unspecified atom stereocenters. The van der Waals surface area contributed by atoms with Crippen molar-refractivity contribution in [3.8, 4) is 0 Å². The first-order valence-corrected chi connectivity index (χ1v) is 8.69. The Balaban J connectivity index is 1.62. The first-order chi connectivity index (χ1) is 12.4. The fraction of sp³-hybridized carbons (Fsp3) is 0.444. The minimum Gasteiger partial charge on any atom is -0.408 e. The number of nitrogens with zero attached hydrogens (tertiary/aromatic N) is 4. The molecule has 2 amide bonds. The van der Waals surface area contributed by atoms with Crippen molar-refractivity contribution in [2.24, 2.45) is 0 Å². The minimum absolute atomic E-state index is 0.0507. The van der Waals surface area contributed by atoms with Gasteiger partial charge in [0.2, 0.25) is 11.8 Å². The Kier molecular flexibility index (Phi) is 5.20. The molecule has 1 aromatic carbocycles. The lowest BCUT2D eigenvalue weighted by atomic mass is 10.1. The van der Waals surface area contributed by atoms with Gasteiger partial charge in [-0.1, -0.05) is 25.0 Å². The van der Waals surface area contributed by atoms with Crippen molar-refractivity contribution in [1.82, 2.24) is 15.1 Å². The molecular weight excluding hydrogens is 334 g/mol. The summed E-state index contributed by atoms with van der Waals surface area (Å²) in [6, 6.07) is 7.49. The SMILES string of the molecule is CC(=O)Nc1cccc(C(=O)N2CCN(c3nnc(C(C)C)o3)CC2)c1.